The Kier molecular flexibility index (Phi) is 10.8. The van der Waals surface area contributed by atoms with Crippen LogP contribution in [0, 0.1) is 10.8 Å². The summed E-state index contributed by atoms with van der Waals surface area (Å²) in [6, 6.07) is 19.0. The van der Waals surface area contributed by atoms with Crippen molar-refractivity contribution in [1.29, 1.82) is 5.41 Å². The molecule has 0 saturated carbocycles. The van der Waals surface area contributed by atoms with Crippen molar-refractivity contribution in [3.63, 3.8) is 0 Å². The molecule has 228 valence electrons. The summed E-state index contributed by atoms with van der Waals surface area (Å²) in [5.41, 5.74) is 23.4. The molecule has 0 aliphatic rings. The van der Waals surface area contributed by atoms with Crippen LogP contribution in [0.5, 0.6) is 0 Å². The molecule has 0 aliphatic heterocycles. The molecule has 0 aromatic heterocycles. The second-order valence-corrected chi connectivity index (χ2v) is 11.7. The van der Waals surface area contributed by atoms with E-state index in [1.165, 1.54) is 0 Å². The average Bonchev–Trinajstić information content (AvgIpc) is 2.95. The number of aliphatic imine (C=N–C) groups is 1. The number of primary amides is 1. The fraction of sp³-hybridized carbons (Fsp3) is 0.344. The molecule has 0 saturated heterocycles. The Hall–Kier alpha value is -4.93. The molecule has 43 heavy (non-hydrogen) atoms. The summed E-state index contributed by atoms with van der Waals surface area (Å²) in [5.74, 6) is -2.30. The molecular weight excluding hydrogens is 544 g/mol. The molecule has 3 aromatic carbocycles. The summed E-state index contributed by atoms with van der Waals surface area (Å²) < 4.78 is 0. The number of rotatable bonds is 13. The molecule has 0 fully saturated rings. The number of nitrogens with zero attached hydrogens (tertiary/aromatic N) is 1. The fourth-order valence-corrected chi connectivity index (χ4v) is 4.80. The van der Waals surface area contributed by atoms with Gasteiger partial charge in [0.2, 0.25) is 17.7 Å². The van der Waals surface area contributed by atoms with Crippen molar-refractivity contribution >= 4 is 40.3 Å². The van der Waals surface area contributed by atoms with Gasteiger partial charge in [-0.25, -0.2) is 0 Å². The molecule has 11 N–H and O–H groups in total. The molecule has 11 nitrogen and oxygen atoms in total. The van der Waals surface area contributed by atoms with Gasteiger partial charge in [-0.15, -0.1) is 0 Å². The van der Waals surface area contributed by atoms with Crippen LogP contribution in [0.25, 0.3) is 10.8 Å². The number of guanidine groups is 1. The highest BCUT2D eigenvalue weighted by Crippen LogP contribution is 2.28. The monoisotopic (exact) mass is 586 g/mol. The van der Waals surface area contributed by atoms with Crippen LogP contribution in [0.2, 0.25) is 0 Å². The molecule has 3 rings (SSSR count). The van der Waals surface area contributed by atoms with E-state index in [9.17, 15) is 14.4 Å². The lowest BCUT2D eigenvalue weighted by Crippen LogP contribution is -2.58. The van der Waals surface area contributed by atoms with E-state index in [2.05, 4.69) is 15.6 Å². The Bertz CT molecular complexity index is 1490. The highest BCUT2D eigenvalue weighted by atomic mass is 16.2. The molecule has 3 amide bonds. The van der Waals surface area contributed by atoms with E-state index in [0.29, 0.717) is 18.4 Å². The number of carbonyl (C=O) groups is 3. The highest BCUT2D eigenvalue weighted by molar-refractivity contribution is 5.95. The van der Waals surface area contributed by atoms with Crippen LogP contribution in [-0.4, -0.2) is 48.1 Å². The van der Waals surface area contributed by atoms with Crippen LogP contribution < -0.4 is 33.6 Å². The Morgan fingerprint density at radius 2 is 1.51 bits per heavy atom. The number of hydrogen-bond acceptors (Lipinski definition) is 5. The van der Waals surface area contributed by atoms with Gasteiger partial charge in [-0.1, -0.05) is 87.5 Å². The van der Waals surface area contributed by atoms with Gasteiger partial charge in [0.25, 0.3) is 0 Å². The Balaban J connectivity index is 1.89. The Morgan fingerprint density at radius 3 is 2.09 bits per heavy atom. The van der Waals surface area contributed by atoms with E-state index >= 15 is 0 Å². The van der Waals surface area contributed by atoms with Gasteiger partial charge in [-0.3, -0.25) is 24.8 Å². The lowest BCUT2D eigenvalue weighted by Gasteiger charge is -2.33. The predicted molar refractivity (Wildman–Crippen MR) is 170 cm³/mol. The van der Waals surface area contributed by atoms with Crippen molar-refractivity contribution in [1.82, 2.24) is 10.6 Å². The molecule has 3 atom stereocenters. The minimum atomic E-state index is -0.970. The van der Waals surface area contributed by atoms with E-state index in [1.807, 2.05) is 75.4 Å². The van der Waals surface area contributed by atoms with Gasteiger partial charge < -0.3 is 33.6 Å². The van der Waals surface area contributed by atoms with Gasteiger partial charge in [-0.2, -0.15) is 0 Å². The number of nitrogen functional groups attached to an aromatic ring is 1. The van der Waals surface area contributed by atoms with Crippen LogP contribution in [0.4, 0.5) is 0 Å². The first kappa shape index (κ1) is 32.6. The quantitative estimate of drug-likeness (QED) is 0.0902. The smallest absolute Gasteiger partial charge is 0.243 e. The SMILES string of the molecule is CC(C)(C)[C@H](NC(=O)[C@H](Cc1ccc(C(=N)N)cc1)c1ccc2ccccc2c1)C(=O)N[C@@H](CCCN=C(N)N)C(N)=O. The van der Waals surface area contributed by atoms with Crippen molar-refractivity contribution in [2.24, 2.45) is 33.3 Å². The number of hydrogen-bond donors (Lipinski definition) is 7. The largest absolute Gasteiger partial charge is 0.384 e. The van der Waals surface area contributed by atoms with Crippen LogP contribution in [0.15, 0.2) is 71.7 Å². The van der Waals surface area contributed by atoms with E-state index in [-0.39, 0.29) is 30.7 Å². The van der Waals surface area contributed by atoms with Gasteiger partial charge in [0.1, 0.15) is 17.9 Å². The zero-order valence-electron chi connectivity index (χ0n) is 24.9. The first-order valence-electron chi connectivity index (χ1n) is 14.1. The average molecular weight is 587 g/mol. The Morgan fingerprint density at radius 1 is 0.860 bits per heavy atom. The van der Waals surface area contributed by atoms with E-state index in [1.54, 1.807) is 12.1 Å². The van der Waals surface area contributed by atoms with E-state index in [4.69, 9.17) is 28.3 Å². The lowest BCUT2D eigenvalue weighted by atomic mass is 9.84. The maximum Gasteiger partial charge on any atom is 0.243 e. The van der Waals surface area contributed by atoms with Gasteiger partial charge >= 0.3 is 0 Å². The van der Waals surface area contributed by atoms with Crippen LogP contribution in [0.1, 0.15) is 56.2 Å². The van der Waals surface area contributed by atoms with E-state index in [0.717, 1.165) is 21.9 Å². The van der Waals surface area contributed by atoms with Crippen molar-refractivity contribution in [3.8, 4) is 0 Å². The summed E-state index contributed by atoms with van der Waals surface area (Å²) in [7, 11) is 0. The van der Waals surface area contributed by atoms with Gasteiger partial charge in [0, 0.05) is 12.1 Å². The minimum Gasteiger partial charge on any atom is -0.384 e. The number of nitrogens with one attached hydrogen (secondary N) is 3. The van der Waals surface area contributed by atoms with Crippen molar-refractivity contribution < 1.29 is 14.4 Å². The first-order chi connectivity index (χ1) is 20.3. The summed E-state index contributed by atoms with van der Waals surface area (Å²) in [6.07, 6.45) is 0.999. The minimum absolute atomic E-state index is 0.0418. The number of nitrogens with two attached hydrogens (primary N) is 4. The number of benzene rings is 3. The van der Waals surface area contributed by atoms with Gasteiger partial charge in [0.05, 0.1) is 5.92 Å². The summed E-state index contributed by atoms with van der Waals surface area (Å²) in [6.45, 7) is 5.78. The summed E-state index contributed by atoms with van der Waals surface area (Å²) >= 11 is 0. The molecule has 3 aromatic rings. The third-order valence-electron chi connectivity index (χ3n) is 7.22. The number of amides is 3. The number of fused-ring (bicyclic) bond motifs is 1. The van der Waals surface area contributed by atoms with Gasteiger partial charge in [0.15, 0.2) is 5.96 Å². The predicted octanol–water partition coefficient (Wildman–Crippen LogP) is 2.00. The maximum atomic E-state index is 14.0. The molecule has 11 heteroatoms. The second-order valence-electron chi connectivity index (χ2n) is 11.7. The molecule has 0 spiro atoms. The van der Waals surface area contributed by atoms with Crippen LogP contribution in [0.3, 0.4) is 0 Å². The fourth-order valence-electron chi connectivity index (χ4n) is 4.80. The molecule has 0 aliphatic carbocycles. The lowest BCUT2D eigenvalue weighted by molar-refractivity contribution is -0.134. The Labute approximate surface area is 252 Å². The van der Waals surface area contributed by atoms with E-state index < -0.39 is 35.2 Å². The zero-order valence-corrected chi connectivity index (χ0v) is 24.9. The molecule has 0 heterocycles. The third-order valence-corrected chi connectivity index (χ3v) is 7.22. The summed E-state index contributed by atoms with van der Waals surface area (Å²) in [4.78, 5) is 43.6. The molecular formula is C32H42N8O3. The third kappa shape index (κ3) is 9.29. The van der Waals surface area contributed by atoms with Crippen molar-refractivity contribution in [2.75, 3.05) is 6.54 Å². The van der Waals surface area contributed by atoms with Crippen LogP contribution >= 0.6 is 0 Å². The van der Waals surface area contributed by atoms with Crippen molar-refractivity contribution in [2.45, 2.75) is 58.0 Å². The first-order valence-corrected chi connectivity index (χ1v) is 14.1. The number of amidine groups is 1. The highest BCUT2D eigenvalue weighted by Gasteiger charge is 2.36. The molecule has 0 radical (unpaired) electrons. The topological polar surface area (TPSA) is 216 Å². The molecule has 0 unspecified atom stereocenters. The zero-order chi connectivity index (χ0) is 31.7. The normalized spacial score (nSPS) is 13.4. The maximum absolute atomic E-state index is 14.0. The number of carbonyl (C=O) groups excluding carboxylic acids is 3. The molecule has 0 bridgehead atoms. The van der Waals surface area contributed by atoms with Crippen molar-refractivity contribution in [3.05, 3.63) is 83.4 Å². The summed E-state index contributed by atoms with van der Waals surface area (Å²) in [5, 5.41) is 15.4. The van der Waals surface area contributed by atoms with Gasteiger partial charge in [-0.05, 0) is 46.6 Å². The standard InChI is InChI=1S/C32H42N8O3/c1-32(2,3)26(30(43)39-25(28(35)41)9-6-16-38-31(36)37)40-29(42)24(17-19-10-12-21(13-11-19)27(33)34)23-15-14-20-7-4-5-8-22(20)18-23/h4-5,7-8,10-15,18,24-26H,6,9,16-17H2,1-3H3,(H3,33,34)(H2,35,41)(H,39,43)(H,40,42)(H4,36,37,38)/t24-,25+,26-/m1/s1. The van der Waals surface area contributed by atoms with Crippen LogP contribution in [-0.2, 0) is 20.8 Å². The second kappa shape index (κ2) is 14.3.